The molecule has 0 aliphatic rings. The van der Waals surface area contributed by atoms with E-state index in [1.54, 1.807) is 43.9 Å². The molecule has 42 heavy (non-hydrogen) atoms. The van der Waals surface area contributed by atoms with Crippen LogP contribution in [0.15, 0.2) is 54.7 Å². The van der Waals surface area contributed by atoms with E-state index in [1.807, 2.05) is 30.5 Å². The minimum absolute atomic E-state index is 0.0205. The number of hydrogen-bond acceptors (Lipinski definition) is 7. The lowest BCUT2D eigenvalue weighted by Gasteiger charge is -2.27. The minimum atomic E-state index is -1.27. The molecule has 1 heterocycles. The Morgan fingerprint density at radius 1 is 0.905 bits per heavy atom. The Morgan fingerprint density at radius 2 is 1.57 bits per heavy atom. The number of hydrogen-bond donors (Lipinski definition) is 7. The van der Waals surface area contributed by atoms with E-state index in [9.17, 15) is 29.4 Å². The number of amides is 3. The molecular weight excluding hydrogens is 558 g/mol. The number of para-hydroxylation sites is 1. The number of H-pyrrole nitrogens is 1. The second-order valence-electron chi connectivity index (χ2n) is 10.5. The highest BCUT2D eigenvalue weighted by Crippen LogP contribution is 2.20. The second kappa shape index (κ2) is 15.3. The van der Waals surface area contributed by atoms with Gasteiger partial charge in [0.25, 0.3) is 0 Å². The maximum Gasteiger partial charge on any atom is 0.326 e. The Bertz CT molecular complexity index is 1380. The molecule has 0 saturated heterocycles. The van der Waals surface area contributed by atoms with Crippen LogP contribution in [-0.4, -0.2) is 75.1 Å². The van der Waals surface area contributed by atoms with Crippen molar-refractivity contribution in [3.63, 3.8) is 0 Å². The Morgan fingerprint density at radius 3 is 2.21 bits per heavy atom. The van der Waals surface area contributed by atoms with E-state index in [0.717, 1.165) is 16.5 Å². The average Bonchev–Trinajstić information content (AvgIpc) is 3.37. The van der Waals surface area contributed by atoms with Crippen molar-refractivity contribution in [2.24, 2.45) is 11.7 Å². The van der Waals surface area contributed by atoms with E-state index in [2.05, 4.69) is 20.9 Å². The van der Waals surface area contributed by atoms with Gasteiger partial charge in [-0.05, 0) is 53.7 Å². The predicted octanol–water partition coefficient (Wildman–Crippen LogP) is 1.93. The summed E-state index contributed by atoms with van der Waals surface area (Å²) in [5.41, 5.74) is 8.35. The number of nitrogens with two attached hydrogens (primary N) is 1. The van der Waals surface area contributed by atoms with Gasteiger partial charge in [0, 0.05) is 29.9 Å². The third-order valence-electron chi connectivity index (χ3n) is 6.94. The number of carbonyl (C=O) groups excluding carboxylic acids is 3. The molecule has 4 atom stereocenters. The summed E-state index contributed by atoms with van der Waals surface area (Å²) < 4.78 is 0. The third kappa shape index (κ3) is 8.98. The number of thioether (sulfide) groups is 1. The number of aromatic hydroxyl groups is 1. The van der Waals surface area contributed by atoms with Crippen LogP contribution >= 0.6 is 11.8 Å². The number of phenolic OH excluding ortho intramolecular Hbond substituents is 1. The normalized spacial score (nSPS) is 14.1. The molecule has 3 rings (SSSR count). The number of aromatic nitrogens is 1. The van der Waals surface area contributed by atoms with Gasteiger partial charge in [-0.1, -0.05) is 44.2 Å². The van der Waals surface area contributed by atoms with Crippen molar-refractivity contribution in [2.45, 2.75) is 57.3 Å². The summed E-state index contributed by atoms with van der Waals surface area (Å²) in [6.45, 7) is 3.46. The standard InChI is InChI=1S/C30H39N5O6S/c1-17(2)26(29(39)34-25(30(40)41)14-18-8-10-20(36)11-9-18)35-28(38)24(33-27(37)22(31)12-13-42-3)15-19-16-32-23-7-5-4-6-21(19)23/h4-11,16-17,22,24-26,32,36H,12-15,31H2,1-3H3,(H,33,37)(H,34,39)(H,35,38)(H,40,41). The fourth-order valence-electron chi connectivity index (χ4n) is 4.50. The van der Waals surface area contributed by atoms with Crippen LogP contribution < -0.4 is 21.7 Å². The smallest absolute Gasteiger partial charge is 0.326 e. The fraction of sp³-hybridized carbons (Fsp3) is 0.400. The summed E-state index contributed by atoms with van der Waals surface area (Å²) in [6, 6.07) is 9.39. The van der Waals surface area contributed by atoms with Gasteiger partial charge in [-0.25, -0.2) is 4.79 Å². The molecule has 0 fully saturated rings. The Balaban J connectivity index is 1.79. The van der Waals surface area contributed by atoms with Gasteiger partial charge in [0.15, 0.2) is 0 Å². The molecule has 8 N–H and O–H groups in total. The number of carboxylic acids is 1. The largest absolute Gasteiger partial charge is 0.508 e. The average molecular weight is 598 g/mol. The van der Waals surface area contributed by atoms with E-state index in [-0.39, 0.29) is 18.6 Å². The topological polar surface area (TPSA) is 187 Å². The first-order valence-corrected chi connectivity index (χ1v) is 15.1. The van der Waals surface area contributed by atoms with E-state index < -0.39 is 53.8 Å². The number of rotatable bonds is 15. The first-order valence-electron chi connectivity index (χ1n) is 13.7. The monoisotopic (exact) mass is 597 g/mol. The number of carboxylic acid groups (broad SMARTS) is 1. The maximum absolute atomic E-state index is 13.6. The number of aliphatic carboxylic acids is 1. The quantitative estimate of drug-likeness (QED) is 0.138. The van der Waals surface area contributed by atoms with Crippen molar-refractivity contribution < 1.29 is 29.4 Å². The van der Waals surface area contributed by atoms with E-state index >= 15 is 0 Å². The van der Waals surface area contributed by atoms with Crippen LogP contribution in [0, 0.1) is 5.92 Å². The molecule has 12 heteroatoms. The van der Waals surface area contributed by atoms with Gasteiger partial charge in [0.05, 0.1) is 6.04 Å². The molecule has 0 aliphatic carbocycles. The van der Waals surface area contributed by atoms with E-state index in [1.165, 1.54) is 12.1 Å². The highest BCUT2D eigenvalue weighted by Gasteiger charge is 2.32. The number of fused-ring (bicyclic) bond motifs is 1. The summed E-state index contributed by atoms with van der Waals surface area (Å²) in [5.74, 6) is -2.66. The Hall–Kier alpha value is -4.03. The molecule has 4 unspecified atom stereocenters. The first-order chi connectivity index (χ1) is 20.0. The molecule has 3 amide bonds. The fourth-order valence-corrected chi connectivity index (χ4v) is 4.99. The lowest BCUT2D eigenvalue weighted by Crippen LogP contribution is -2.59. The lowest BCUT2D eigenvalue weighted by atomic mass is 9.99. The van der Waals surface area contributed by atoms with Gasteiger partial charge < -0.3 is 36.9 Å². The molecule has 11 nitrogen and oxygen atoms in total. The van der Waals surface area contributed by atoms with Crippen molar-refractivity contribution in [2.75, 3.05) is 12.0 Å². The SMILES string of the molecule is CSCCC(N)C(=O)NC(Cc1c[nH]c2ccccc12)C(=O)NC(C(=O)NC(Cc1ccc(O)cc1)C(=O)O)C(C)C. The van der Waals surface area contributed by atoms with Crippen molar-refractivity contribution in [1.29, 1.82) is 0 Å². The molecular formula is C30H39N5O6S. The van der Waals surface area contributed by atoms with Crippen LogP contribution in [0.2, 0.25) is 0 Å². The van der Waals surface area contributed by atoms with Crippen molar-refractivity contribution in [3.8, 4) is 5.75 Å². The van der Waals surface area contributed by atoms with Gasteiger partial charge >= 0.3 is 5.97 Å². The molecule has 0 radical (unpaired) electrons. The zero-order valence-corrected chi connectivity index (χ0v) is 24.7. The third-order valence-corrected chi connectivity index (χ3v) is 7.58. The maximum atomic E-state index is 13.6. The van der Waals surface area contributed by atoms with Gasteiger partial charge in [0.1, 0.15) is 23.9 Å². The van der Waals surface area contributed by atoms with Crippen LogP contribution in [0.1, 0.15) is 31.4 Å². The molecule has 226 valence electrons. The summed E-state index contributed by atoms with van der Waals surface area (Å²) in [7, 11) is 0. The number of carbonyl (C=O) groups is 4. The van der Waals surface area contributed by atoms with Gasteiger partial charge in [-0.2, -0.15) is 11.8 Å². The Labute approximate surface area is 249 Å². The molecule has 0 spiro atoms. The zero-order chi connectivity index (χ0) is 30.8. The van der Waals surface area contributed by atoms with Gasteiger partial charge in [-0.3, -0.25) is 14.4 Å². The molecule has 3 aromatic rings. The predicted molar refractivity (Wildman–Crippen MR) is 163 cm³/mol. The van der Waals surface area contributed by atoms with Crippen LogP contribution in [0.3, 0.4) is 0 Å². The Kier molecular flexibility index (Phi) is 11.8. The number of phenols is 1. The summed E-state index contributed by atoms with van der Waals surface area (Å²) in [4.78, 5) is 55.0. The second-order valence-corrected chi connectivity index (χ2v) is 11.5. The molecule has 1 aromatic heterocycles. The molecule has 0 saturated carbocycles. The van der Waals surface area contributed by atoms with Gasteiger partial charge in [-0.15, -0.1) is 0 Å². The zero-order valence-electron chi connectivity index (χ0n) is 23.9. The summed E-state index contributed by atoms with van der Waals surface area (Å²) >= 11 is 1.56. The number of nitrogens with one attached hydrogen (secondary N) is 4. The minimum Gasteiger partial charge on any atom is -0.508 e. The molecule has 0 aliphatic heterocycles. The number of aromatic amines is 1. The molecule has 2 aromatic carbocycles. The lowest BCUT2D eigenvalue weighted by molar-refractivity contribution is -0.142. The van der Waals surface area contributed by atoms with Crippen molar-refractivity contribution in [3.05, 3.63) is 65.9 Å². The number of benzene rings is 2. The summed E-state index contributed by atoms with van der Waals surface area (Å²) in [5, 5.41) is 28.2. The van der Waals surface area contributed by atoms with E-state index in [0.29, 0.717) is 17.7 Å². The van der Waals surface area contributed by atoms with Crippen LogP contribution in [-0.2, 0) is 32.0 Å². The van der Waals surface area contributed by atoms with Crippen molar-refractivity contribution in [1.82, 2.24) is 20.9 Å². The van der Waals surface area contributed by atoms with Crippen LogP contribution in [0.4, 0.5) is 0 Å². The van der Waals surface area contributed by atoms with Gasteiger partial charge in [0.2, 0.25) is 17.7 Å². The highest BCUT2D eigenvalue weighted by atomic mass is 32.2. The highest BCUT2D eigenvalue weighted by molar-refractivity contribution is 7.98. The molecule has 0 bridgehead atoms. The first kappa shape index (κ1) is 32.5. The van der Waals surface area contributed by atoms with Crippen molar-refractivity contribution >= 4 is 46.4 Å². The van der Waals surface area contributed by atoms with Crippen LogP contribution in [0.25, 0.3) is 10.9 Å². The summed E-state index contributed by atoms with van der Waals surface area (Å²) in [6.07, 6.45) is 4.24. The van der Waals surface area contributed by atoms with Crippen LogP contribution in [0.5, 0.6) is 5.75 Å². The van der Waals surface area contributed by atoms with E-state index in [4.69, 9.17) is 5.73 Å².